The second kappa shape index (κ2) is 18.4. The minimum atomic E-state index is -4.73. The van der Waals surface area contributed by atoms with Gasteiger partial charge in [-0.3, -0.25) is 4.68 Å². The third-order valence-electron chi connectivity index (χ3n) is 7.98. The van der Waals surface area contributed by atoms with E-state index in [-0.39, 0.29) is 12.4 Å². The van der Waals surface area contributed by atoms with Crippen LogP contribution < -0.4 is 30.1 Å². The molecule has 0 aliphatic heterocycles. The summed E-state index contributed by atoms with van der Waals surface area (Å²) >= 11 is 0. The molecule has 0 unspecified atom stereocenters. The zero-order valence-corrected chi connectivity index (χ0v) is 31.4. The number of alkyl halides is 3. The maximum atomic E-state index is 12.3. The number of esters is 1. The molecular formula is C43H42F3N2O5P. The van der Waals surface area contributed by atoms with Gasteiger partial charge in [0.15, 0.2) is 5.60 Å². The number of carbonyl (C=O) groups is 1. The van der Waals surface area contributed by atoms with E-state index in [4.69, 9.17) is 14.2 Å². The molecule has 0 aliphatic rings. The Morgan fingerprint density at radius 3 is 1.74 bits per heavy atom. The van der Waals surface area contributed by atoms with Crippen molar-refractivity contribution in [3.05, 3.63) is 151 Å². The summed E-state index contributed by atoms with van der Waals surface area (Å²) in [6.45, 7) is 5.62. The summed E-state index contributed by atoms with van der Waals surface area (Å²) in [5.74, 6) is 0.301. The van der Waals surface area contributed by atoms with Crippen LogP contribution in [0, 0.1) is 0 Å². The predicted octanol–water partition coefficient (Wildman–Crippen LogP) is 8.77. The molecule has 0 fully saturated rings. The lowest BCUT2D eigenvalue weighted by Gasteiger charge is -2.24. The number of halogens is 3. The van der Waals surface area contributed by atoms with Crippen LogP contribution in [0.4, 0.5) is 13.2 Å². The van der Waals surface area contributed by atoms with Crippen molar-refractivity contribution >= 4 is 29.8 Å². The van der Waals surface area contributed by atoms with Crippen LogP contribution in [0.2, 0.25) is 0 Å². The van der Waals surface area contributed by atoms with Crippen LogP contribution in [0.3, 0.4) is 0 Å². The summed E-state index contributed by atoms with van der Waals surface area (Å²) in [7, 11) is 1.34. The zero-order valence-electron chi connectivity index (χ0n) is 30.5. The first kappa shape index (κ1) is 39.6. The highest BCUT2D eigenvalue weighted by molar-refractivity contribution is 7.79. The van der Waals surface area contributed by atoms with Gasteiger partial charge < -0.3 is 18.9 Å². The molecular weight excluding hydrogens is 712 g/mol. The lowest BCUT2D eigenvalue weighted by molar-refractivity contribution is -0.274. The Bertz CT molecular complexity index is 1960. The third kappa shape index (κ3) is 11.4. The van der Waals surface area contributed by atoms with Gasteiger partial charge in [-0.25, -0.2) is 4.79 Å². The number of aryl methyl sites for hydroxylation is 1. The lowest BCUT2D eigenvalue weighted by Crippen LogP contribution is -2.39. The van der Waals surface area contributed by atoms with Crippen molar-refractivity contribution < 1.29 is 36.9 Å². The SMILES string of the molecule is CCOC(=O)C(C)(C)Oc1cccc(OCCc2cc(-c3ccc(OC(F)(F)F)cc3)nn2C)c1.c1ccc(P(c2ccccc2)c2ccccc2)cc1. The average molecular weight is 755 g/mol. The maximum Gasteiger partial charge on any atom is 0.573 e. The molecule has 0 bridgehead atoms. The van der Waals surface area contributed by atoms with Crippen molar-refractivity contribution in [2.75, 3.05) is 13.2 Å². The van der Waals surface area contributed by atoms with E-state index in [0.29, 0.717) is 35.8 Å². The molecule has 0 N–H and O–H groups in total. The fourth-order valence-corrected chi connectivity index (χ4v) is 7.73. The van der Waals surface area contributed by atoms with E-state index in [0.717, 1.165) is 5.69 Å². The molecule has 0 atom stereocenters. The van der Waals surface area contributed by atoms with Gasteiger partial charge in [-0.2, -0.15) is 5.10 Å². The number of hydrogen-bond donors (Lipinski definition) is 0. The van der Waals surface area contributed by atoms with E-state index >= 15 is 0 Å². The van der Waals surface area contributed by atoms with Crippen molar-refractivity contribution in [3.8, 4) is 28.5 Å². The first-order valence-corrected chi connectivity index (χ1v) is 18.7. The van der Waals surface area contributed by atoms with Crippen LogP contribution in [-0.4, -0.2) is 40.9 Å². The number of aromatic nitrogens is 2. The molecule has 0 spiro atoms. The first-order chi connectivity index (χ1) is 25.9. The van der Waals surface area contributed by atoms with Gasteiger partial charge in [-0.05, 0) is 87.1 Å². The standard InChI is InChI=1S/C25H27F3N2O5.C18H15P/c1-5-32-23(31)24(2,3)34-21-8-6-7-20(16-21)33-14-13-18-15-22(29-30(18)4)17-9-11-19(12-10-17)35-25(26,27)28;1-4-10-16(11-5-1)19(17-12-6-2-7-13-17)18-14-8-3-9-15-18/h6-12,15-16H,5,13-14H2,1-4H3;1-15H. The van der Waals surface area contributed by atoms with Crippen LogP contribution in [0.25, 0.3) is 11.3 Å². The Balaban J connectivity index is 0.000000246. The van der Waals surface area contributed by atoms with Crippen LogP contribution in [0.15, 0.2) is 146 Å². The highest BCUT2D eigenvalue weighted by Crippen LogP contribution is 2.32. The molecule has 0 saturated carbocycles. The molecule has 1 aromatic heterocycles. The van der Waals surface area contributed by atoms with Crippen molar-refractivity contribution in [2.24, 2.45) is 7.05 Å². The van der Waals surface area contributed by atoms with E-state index < -0.39 is 25.9 Å². The summed E-state index contributed by atoms with van der Waals surface area (Å²) in [4.78, 5) is 12.1. The zero-order chi connectivity index (χ0) is 38.6. The van der Waals surface area contributed by atoms with Crippen LogP contribution in [0.5, 0.6) is 17.2 Å². The predicted molar refractivity (Wildman–Crippen MR) is 207 cm³/mol. The smallest absolute Gasteiger partial charge is 0.493 e. The summed E-state index contributed by atoms with van der Waals surface area (Å²) < 4.78 is 59.3. The molecule has 1 heterocycles. The van der Waals surface area contributed by atoms with Crippen LogP contribution >= 0.6 is 7.92 Å². The van der Waals surface area contributed by atoms with Crippen LogP contribution in [0.1, 0.15) is 26.5 Å². The number of rotatable bonds is 13. The number of nitrogens with zero attached hydrogens (tertiary/aromatic N) is 2. The Morgan fingerprint density at radius 2 is 1.22 bits per heavy atom. The summed E-state index contributed by atoms with van der Waals surface area (Å²) in [6, 6.07) is 46.7. The maximum absolute atomic E-state index is 12.3. The summed E-state index contributed by atoms with van der Waals surface area (Å²) in [6.07, 6.45) is -4.19. The molecule has 54 heavy (non-hydrogen) atoms. The van der Waals surface area contributed by atoms with Crippen molar-refractivity contribution in [2.45, 2.75) is 39.2 Å². The van der Waals surface area contributed by atoms with Gasteiger partial charge in [0.25, 0.3) is 0 Å². The van der Waals surface area contributed by atoms with Crippen molar-refractivity contribution in [1.82, 2.24) is 9.78 Å². The number of hydrogen-bond acceptors (Lipinski definition) is 6. The van der Waals surface area contributed by atoms with Gasteiger partial charge in [0.05, 0.1) is 18.9 Å². The molecule has 6 aromatic rings. The number of ether oxygens (including phenoxy) is 4. The minimum absolute atomic E-state index is 0.266. The normalized spacial score (nSPS) is 11.3. The molecule has 6 rings (SSSR count). The fourth-order valence-electron chi connectivity index (χ4n) is 5.43. The Kier molecular flexibility index (Phi) is 13.5. The molecule has 280 valence electrons. The molecule has 5 aromatic carbocycles. The Labute approximate surface area is 315 Å². The third-order valence-corrected chi connectivity index (χ3v) is 10.4. The molecule has 11 heteroatoms. The van der Waals surface area contributed by atoms with Crippen molar-refractivity contribution in [3.63, 3.8) is 0 Å². The Hall–Kier alpha value is -5.60. The molecule has 7 nitrogen and oxygen atoms in total. The molecule has 0 aliphatic carbocycles. The number of benzene rings is 5. The monoisotopic (exact) mass is 754 g/mol. The molecule has 0 saturated heterocycles. The second-order valence-corrected chi connectivity index (χ2v) is 14.7. The largest absolute Gasteiger partial charge is 0.573 e. The highest BCUT2D eigenvalue weighted by atomic mass is 31.1. The topological polar surface area (TPSA) is 71.8 Å². The quantitative estimate of drug-likeness (QED) is 0.0868. The summed E-state index contributed by atoms with van der Waals surface area (Å²) in [5, 5.41) is 8.63. The van der Waals surface area contributed by atoms with E-state index in [2.05, 4.69) is 101 Å². The van der Waals surface area contributed by atoms with Gasteiger partial charge in [0.1, 0.15) is 17.2 Å². The Morgan fingerprint density at radius 1 is 0.685 bits per heavy atom. The van der Waals surface area contributed by atoms with Gasteiger partial charge >= 0.3 is 12.3 Å². The fraction of sp³-hybridized carbons (Fsp3) is 0.209. The molecule has 0 amide bonds. The van der Waals surface area contributed by atoms with Gasteiger partial charge in [0, 0.05) is 30.8 Å². The average Bonchev–Trinajstić information content (AvgIpc) is 3.53. The van der Waals surface area contributed by atoms with E-state index in [1.807, 2.05) is 6.07 Å². The van der Waals surface area contributed by atoms with E-state index in [9.17, 15) is 18.0 Å². The minimum Gasteiger partial charge on any atom is -0.493 e. The second-order valence-electron chi connectivity index (χ2n) is 12.5. The van der Waals surface area contributed by atoms with E-state index in [1.165, 1.54) is 40.2 Å². The molecule has 0 radical (unpaired) electrons. The number of carbonyl (C=O) groups excluding carboxylic acids is 1. The van der Waals surface area contributed by atoms with E-state index in [1.54, 1.807) is 56.8 Å². The lowest BCUT2D eigenvalue weighted by atomic mass is 10.1. The highest BCUT2D eigenvalue weighted by Gasteiger charge is 2.32. The van der Waals surface area contributed by atoms with Crippen molar-refractivity contribution in [1.29, 1.82) is 0 Å². The van der Waals surface area contributed by atoms with Gasteiger partial charge in [-0.15, -0.1) is 13.2 Å². The van der Waals surface area contributed by atoms with Crippen LogP contribution in [-0.2, 0) is 23.0 Å². The summed E-state index contributed by atoms with van der Waals surface area (Å²) in [5.41, 5.74) is 1.03. The van der Waals surface area contributed by atoms with Gasteiger partial charge in [0.2, 0.25) is 0 Å². The van der Waals surface area contributed by atoms with Gasteiger partial charge in [-0.1, -0.05) is 97.1 Å². The first-order valence-electron chi connectivity index (χ1n) is 17.4.